The van der Waals surface area contributed by atoms with E-state index >= 15 is 0 Å². The van der Waals surface area contributed by atoms with Crippen molar-refractivity contribution in [2.24, 2.45) is 11.5 Å². The fourth-order valence-corrected chi connectivity index (χ4v) is 6.46. The van der Waals surface area contributed by atoms with E-state index in [1.165, 1.54) is 11.3 Å². The van der Waals surface area contributed by atoms with Gasteiger partial charge in [0.2, 0.25) is 5.95 Å². The van der Waals surface area contributed by atoms with E-state index < -0.39 is 11.8 Å². The SMILES string of the molecule is CCC(C)Nc1nc(Nc2ccccc2)c2c(N)c(C(N)=O)sc2n1.COc1cncc(-c2nc(C)nc3sc(C(N)=O)c(N)c23)c1. The molecule has 6 aromatic rings. The van der Waals surface area contributed by atoms with Crippen LogP contribution in [0.4, 0.5) is 28.8 Å². The molecule has 242 valence electrons. The zero-order valence-electron chi connectivity index (χ0n) is 26.0. The van der Waals surface area contributed by atoms with Gasteiger partial charge in [-0.25, -0.2) is 15.0 Å². The third kappa shape index (κ3) is 6.97. The van der Waals surface area contributed by atoms with Crippen LogP contribution >= 0.6 is 22.7 Å². The highest BCUT2D eigenvalue weighted by molar-refractivity contribution is 7.21. The average molecular weight is 672 g/mol. The molecule has 47 heavy (non-hydrogen) atoms. The Kier molecular flexibility index (Phi) is 9.62. The Hall–Kier alpha value is -5.61. The zero-order chi connectivity index (χ0) is 33.8. The largest absolute Gasteiger partial charge is 0.495 e. The summed E-state index contributed by atoms with van der Waals surface area (Å²) in [4.78, 5) is 46.9. The van der Waals surface area contributed by atoms with Crippen LogP contribution in [0, 0.1) is 6.92 Å². The van der Waals surface area contributed by atoms with Gasteiger partial charge in [0, 0.05) is 23.5 Å². The van der Waals surface area contributed by atoms with E-state index in [0.717, 1.165) is 29.0 Å². The summed E-state index contributed by atoms with van der Waals surface area (Å²) in [7, 11) is 1.56. The molecule has 0 aliphatic heterocycles. The number of carbonyl (C=O) groups excluding carboxylic acids is 2. The van der Waals surface area contributed by atoms with Crippen LogP contribution in [0.15, 0.2) is 48.8 Å². The summed E-state index contributed by atoms with van der Waals surface area (Å²) in [5, 5.41) is 7.73. The Morgan fingerprint density at radius 1 is 0.915 bits per heavy atom. The zero-order valence-corrected chi connectivity index (χ0v) is 27.6. The van der Waals surface area contributed by atoms with Crippen molar-refractivity contribution in [2.45, 2.75) is 33.2 Å². The minimum Gasteiger partial charge on any atom is -0.495 e. The highest BCUT2D eigenvalue weighted by Crippen LogP contribution is 2.39. The Labute approximate surface area is 277 Å². The molecule has 14 nitrogen and oxygen atoms in total. The molecule has 0 fully saturated rings. The van der Waals surface area contributed by atoms with Gasteiger partial charge in [-0.05, 0) is 38.5 Å². The molecule has 0 saturated heterocycles. The van der Waals surface area contributed by atoms with E-state index in [1.807, 2.05) is 30.3 Å². The number of methoxy groups -OCH3 is 1. The fourth-order valence-electron chi connectivity index (χ4n) is 4.52. The molecular formula is C31H33N11O3S2. The van der Waals surface area contributed by atoms with Gasteiger partial charge in [0.15, 0.2) is 0 Å². The van der Waals surface area contributed by atoms with Gasteiger partial charge in [-0.2, -0.15) is 4.98 Å². The van der Waals surface area contributed by atoms with Crippen LogP contribution in [0.1, 0.15) is 45.4 Å². The van der Waals surface area contributed by atoms with Gasteiger partial charge in [-0.3, -0.25) is 14.6 Å². The molecule has 2 amide bonds. The monoisotopic (exact) mass is 671 g/mol. The van der Waals surface area contributed by atoms with Gasteiger partial charge >= 0.3 is 0 Å². The molecule has 0 radical (unpaired) electrons. The van der Waals surface area contributed by atoms with Crippen LogP contribution < -0.4 is 38.3 Å². The summed E-state index contributed by atoms with van der Waals surface area (Å²) in [6, 6.07) is 11.6. The Morgan fingerprint density at radius 3 is 2.17 bits per heavy atom. The predicted molar refractivity (Wildman–Crippen MR) is 188 cm³/mol. The van der Waals surface area contributed by atoms with Gasteiger partial charge in [0.05, 0.1) is 41.1 Å². The minimum absolute atomic E-state index is 0.218. The summed E-state index contributed by atoms with van der Waals surface area (Å²) in [6.45, 7) is 5.90. The first-order valence-corrected chi connectivity index (χ1v) is 16.0. The van der Waals surface area contributed by atoms with E-state index in [2.05, 4.69) is 49.4 Å². The van der Waals surface area contributed by atoms with Crippen LogP contribution in [0.3, 0.4) is 0 Å². The second kappa shape index (κ2) is 13.8. The van der Waals surface area contributed by atoms with Crippen LogP contribution in [0.25, 0.3) is 31.7 Å². The number of hydrogen-bond acceptors (Lipinski definition) is 14. The van der Waals surface area contributed by atoms with Crippen LogP contribution in [-0.2, 0) is 0 Å². The van der Waals surface area contributed by atoms with Gasteiger partial charge < -0.3 is 38.3 Å². The highest BCUT2D eigenvalue weighted by Gasteiger charge is 2.22. The summed E-state index contributed by atoms with van der Waals surface area (Å²) < 4.78 is 5.18. The number of nitrogens with one attached hydrogen (secondary N) is 2. The molecule has 0 spiro atoms. The number of thiophene rings is 2. The molecule has 5 heterocycles. The molecule has 1 atom stereocenters. The standard InChI is InChI=1S/C17H20N6OS.C14H13N5O2S/c1-3-9(2)20-17-22-15(21-10-7-5-4-6-8-10)11-12(18)13(14(19)24)25-16(11)23-17;1-6-18-11(7-3-8(21-2)5-17-4-7)9-10(15)12(13(16)20)22-14(9)19-6/h4-9H,3,18H2,1-2H3,(H2,19,24)(H2,20,21,22,23);3-5H,15H2,1-2H3,(H2,16,20). The summed E-state index contributed by atoms with van der Waals surface area (Å²) >= 11 is 2.34. The van der Waals surface area contributed by atoms with Gasteiger partial charge in [-0.1, -0.05) is 25.1 Å². The summed E-state index contributed by atoms with van der Waals surface area (Å²) in [6.07, 6.45) is 4.19. The van der Waals surface area contributed by atoms with Crippen molar-refractivity contribution < 1.29 is 14.3 Å². The molecular weight excluding hydrogens is 639 g/mol. The number of para-hydroxylation sites is 1. The Morgan fingerprint density at radius 2 is 1.55 bits per heavy atom. The van der Waals surface area contributed by atoms with Gasteiger partial charge in [0.1, 0.15) is 36.8 Å². The lowest BCUT2D eigenvalue weighted by molar-refractivity contribution is 0.0996. The van der Waals surface area contributed by atoms with Crippen LogP contribution in [0.5, 0.6) is 5.75 Å². The first kappa shape index (κ1) is 32.8. The second-order valence-corrected chi connectivity index (χ2v) is 12.4. The van der Waals surface area contributed by atoms with Gasteiger partial charge in [-0.15, -0.1) is 22.7 Å². The smallest absolute Gasteiger partial charge is 0.260 e. The molecule has 5 aromatic heterocycles. The predicted octanol–water partition coefficient (Wildman–Crippen LogP) is 5.08. The van der Waals surface area contributed by atoms with E-state index in [-0.39, 0.29) is 10.9 Å². The number of nitrogen functional groups attached to an aromatic ring is 2. The topological polar surface area (TPSA) is 236 Å². The summed E-state index contributed by atoms with van der Waals surface area (Å²) in [5.74, 6) is 1.06. The molecule has 10 N–H and O–H groups in total. The maximum atomic E-state index is 11.6. The number of nitrogens with zero attached hydrogens (tertiary/aromatic N) is 5. The number of anilines is 5. The number of carbonyl (C=O) groups is 2. The minimum atomic E-state index is -0.576. The molecule has 1 aromatic carbocycles. The van der Waals surface area contributed by atoms with E-state index in [1.54, 1.807) is 32.5 Å². The maximum absolute atomic E-state index is 11.6. The lowest BCUT2D eigenvalue weighted by atomic mass is 10.1. The van der Waals surface area contributed by atoms with Crippen molar-refractivity contribution >= 4 is 83.7 Å². The fraction of sp³-hybridized carbons (Fsp3) is 0.194. The number of nitrogens with two attached hydrogens (primary N) is 4. The first-order valence-electron chi connectivity index (χ1n) is 14.3. The van der Waals surface area contributed by atoms with Crippen molar-refractivity contribution in [1.29, 1.82) is 0 Å². The number of rotatable bonds is 9. The molecule has 6 rings (SSSR count). The van der Waals surface area contributed by atoms with Crippen molar-refractivity contribution in [2.75, 3.05) is 29.2 Å². The number of pyridine rings is 1. The van der Waals surface area contributed by atoms with Crippen LogP contribution in [-0.4, -0.2) is 49.9 Å². The van der Waals surface area contributed by atoms with Crippen LogP contribution in [0.2, 0.25) is 0 Å². The lowest BCUT2D eigenvalue weighted by Crippen LogP contribution is -2.16. The lowest BCUT2D eigenvalue weighted by Gasteiger charge is -2.13. The normalized spacial score (nSPS) is 11.5. The third-order valence-corrected chi connectivity index (χ3v) is 9.21. The molecule has 1 unspecified atom stereocenters. The number of benzene rings is 1. The number of fused-ring (bicyclic) bond motifs is 2. The van der Waals surface area contributed by atoms with Crippen molar-refractivity contribution in [3.8, 4) is 17.0 Å². The molecule has 0 aliphatic rings. The molecule has 16 heteroatoms. The number of aryl methyl sites for hydroxylation is 1. The second-order valence-electron chi connectivity index (χ2n) is 10.4. The quantitative estimate of drug-likeness (QED) is 0.118. The number of aromatic nitrogens is 5. The Balaban J connectivity index is 0.000000186. The third-order valence-electron chi connectivity index (χ3n) is 6.98. The van der Waals surface area contributed by atoms with Crippen molar-refractivity contribution in [3.63, 3.8) is 0 Å². The Bertz CT molecular complexity index is 2100. The van der Waals surface area contributed by atoms with Gasteiger partial charge in [0.25, 0.3) is 11.8 Å². The average Bonchev–Trinajstić information content (AvgIpc) is 3.57. The van der Waals surface area contributed by atoms with E-state index in [0.29, 0.717) is 65.7 Å². The molecule has 0 aliphatic carbocycles. The van der Waals surface area contributed by atoms with E-state index in [4.69, 9.17) is 27.7 Å². The highest BCUT2D eigenvalue weighted by atomic mass is 32.1. The number of primary amides is 2. The van der Waals surface area contributed by atoms with Crippen molar-refractivity contribution in [3.05, 3.63) is 64.4 Å². The van der Waals surface area contributed by atoms with Crippen molar-refractivity contribution in [1.82, 2.24) is 24.9 Å². The maximum Gasteiger partial charge on any atom is 0.260 e. The summed E-state index contributed by atoms with van der Waals surface area (Å²) in [5.41, 5.74) is 25.8. The first-order chi connectivity index (χ1) is 22.5. The molecule has 0 bridgehead atoms. The molecule has 0 saturated carbocycles. The number of amides is 2. The number of ether oxygens (including phenoxy) is 1. The number of hydrogen-bond donors (Lipinski definition) is 6. The van der Waals surface area contributed by atoms with E-state index in [9.17, 15) is 9.59 Å².